The molecule has 2 unspecified atom stereocenters. The number of aromatic amines is 1. The summed E-state index contributed by atoms with van der Waals surface area (Å²) >= 11 is 3.04. The van der Waals surface area contributed by atoms with E-state index in [9.17, 15) is 9.59 Å². The summed E-state index contributed by atoms with van der Waals surface area (Å²) in [5.74, 6) is -0.132. The van der Waals surface area contributed by atoms with Crippen LogP contribution in [0.15, 0.2) is 26.4 Å². The van der Waals surface area contributed by atoms with E-state index in [-0.39, 0.29) is 18.1 Å². The Hall–Kier alpha value is -1.93. The Kier molecular flexibility index (Phi) is 6.16. The summed E-state index contributed by atoms with van der Waals surface area (Å²) in [6.45, 7) is 7.93. The zero-order valence-electron chi connectivity index (χ0n) is 15.9. The van der Waals surface area contributed by atoms with Gasteiger partial charge in [0, 0.05) is 22.3 Å². The Morgan fingerprint density at radius 1 is 1.37 bits per heavy atom. The second kappa shape index (κ2) is 8.39. The highest BCUT2D eigenvalue weighted by atomic mass is 32.2. The van der Waals surface area contributed by atoms with E-state index in [2.05, 4.69) is 21.9 Å². The Morgan fingerprint density at radius 2 is 2.15 bits per heavy atom. The van der Waals surface area contributed by atoms with Crippen LogP contribution in [0.25, 0.3) is 0 Å². The molecule has 1 N–H and O–H groups in total. The van der Waals surface area contributed by atoms with Crippen molar-refractivity contribution in [3.63, 3.8) is 0 Å². The molecule has 8 heteroatoms. The second-order valence-electron chi connectivity index (χ2n) is 6.39. The van der Waals surface area contributed by atoms with Gasteiger partial charge < -0.3 is 9.72 Å². The lowest BCUT2D eigenvalue weighted by Gasteiger charge is -2.29. The molecule has 2 aromatic rings. The van der Waals surface area contributed by atoms with Crippen LogP contribution >= 0.6 is 23.1 Å². The van der Waals surface area contributed by atoms with Gasteiger partial charge in [-0.25, -0.2) is 9.98 Å². The summed E-state index contributed by atoms with van der Waals surface area (Å²) in [4.78, 5) is 38.6. The first kappa shape index (κ1) is 19.8. The van der Waals surface area contributed by atoms with Gasteiger partial charge in [-0.05, 0) is 44.2 Å². The topological polar surface area (TPSA) is 84.4 Å². The predicted molar refractivity (Wildman–Crippen MR) is 110 cm³/mol. The van der Waals surface area contributed by atoms with Gasteiger partial charge >= 0.3 is 5.97 Å². The summed E-state index contributed by atoms with van der Waals surface area (Å²) in [6.07, 6.45) is 0.982. The number of thiophene rings is 1. The van der Waals surface area contributed by atoms with Crippen molar-refractivity contribution in [1.82, 2.24) is 9.97 Å². The van der Waals surface area contributed by atoms with Crippen molar-refractivity contribution >= 4 is 40.6 Å². The van der Waals surface area contributed by atoms with E-state index in [1.165, 1.54) is 23.1 Å². The zero-order valence-corrected chi connectivity index (χ0v) is 17.5. The van der Waals surface area contributed by atoms with Crippen LogP contribution in [-0.4, -0.2) is 34.0 Å². The number of nitrogens with one attached hydrogen (secondary N) is 1. The molecule has 6 nitrogen and oxygen atoms in total. The van der Waals surface area contributed by atoms with Crippen LogP contribution in [-0.2, 0) is 9.53 Å². The Labute approximate surface area is 166 Å². The Bertz CT molecular complexity index is 933. The third kappa shape index (κ3) is 3.87. The number of aromatic nitrogens is 2. The maximum atomic E-state index is 13.0. The number of esters is 1. The lowest BCUT2D eigenvalue weighted by molar-refractivity contribution is -0.146. The molecule has 1 aliphatic rings. The number of carbonyl (C=O) groups is 1. The Balaban J connectivity index is 2.18. The minimum Gasteiger partial charge on any atom is -0.465 e. The molecule has 0 spiro atoms. The smallest absolute Gasteiger partial charge is 0.315 e. The second-order valence-corrected chi connectivity index (χ2v) is 8.42. The fourth-order valence-corrected chi connectivity index (χ4v) is 5.04. The van der Waals surface area contributed by atoms with Crippen molar-refractivity contribution in [2.75, 3.05) is 12.4 Å². The monoisotopic (exact) mass is 405 g/mol. The molecule has 3 rings (SSSR count). The molecule has 0 aliphatic carbocycles. The van der Waals surface area contributed by atoms with E-state index in [1.54, 1.807) is 6.92 Å². The van der Waals surface area contributed by atoms with Gasteiger partial charge in [-0.1, -0.05) is 18.7 Å². The van der Waals surface area contributed by atoms with Gasteiger partial charge in [-0.3, -0.25) is 9.59 Å². The molecule has 2 aromatic heterocycles. The van der Waals surface area contributed by atoms with Crippen molar-refractivity contribution in [2.45, 2.75) is 45.2 Å². The molecule has 0 bridgehead atoms. The number of thioether (sulfide) groups is 1. The van der Waals surface area contributed by atoms with Crippen LogP contribution in [0, 0.1) is 12.8 Å². The van der Waals surface area contributed by atoms with Gasteiger partial charge in [0.1, 0.15) is 5.92 Å². The van der Waals surface area contributed by atoms with E-state index in [0.29, 0.717) is 22.2 Å². The number of H-pyrrole nitrogens is 1. The number of aryl methyl sites for hydroxylation is 1. The third-order valence-electron chi connectivity index (χ3n) is 4.46. The molecule has 0 fully saturated rings. The molecule has 144 valence electrons. The van der Waals surface area contributed by atoms with Gasteiger partial charge in [0.15, 0.2) is 11.0 Å². The van der Waals surface area contributed by atoms with Crippen LogP contribution in [0.1, 0.15) is 49.1 Å². The minimum absolute atomic E-state index is 0.234. The summed E-state index contributed by atoms with van der Waals surface area (Å²) < 4.78 is 5.30. The molecule has 0 radical (unpaired) electrons. The highest BCUT2D eigenvalue weighted by Gasteiger charge is 2.42. The molecule has 0 saturated carbocycles. The first-order chi connectivity index (χ1) is 13.0. The minimum atomic E-state index is -0.619. The molecular weight excluding hydrogens is 382 g/mol. The van der Waals surface area contributed by atoms with E-state index in [4.69, 9.17) is 4.74 Å². The van der Waals surface area contributed by atoms with Crippen LogP contribution in [0.5, 0.6) is 0 Å². The van der Waals surface area contributed by atoms with Crippen LogP contribution < -0.4 is 5.56 Å². The molecule has 3 heterocycles. The fraction of sp³-hybridized carbons (Fsp3) is 0.474. The van der Waals surface area contributed by atoms with Gasteiger partial charge in [0.05, 0.1) is 12.2 Å². The molecule has 0 aromatic carbocycles. The van der Waals surface area contributed by atoms with Crippen molar-refractivity contribution in [2.24, 2.45) is 10.9 Å². The summed E-state index contributed by atoms with van der Waals surface area (Å²) in [5.41, 5.74) is 1.89. The van der Waals surface area contributed by atoms with Crippen molar-refractivity contribution in [1.29, 1.82) is 0 Å². The van der Waals surface area contributed by atoms with Gasteiger partial charge in [0.2, 0.25) is 0 Å². The highest BCUT2D eigenvalue weighted by Crippen LogP contribution is 2.43. The first-order valence-corrected chi connectivity index (χ1v) is 10.9. The lowest BCUT2D eigenvalue weighted by atomic mass is 9.79. The zero-order chi connectivity index (χ0) is 19.6. The maximum absolute atomic E-state index is 13.0. The molecule has 0 amide bonds. The predicted octanol–water partition coefficient (Wildman–Crippen LogP) is 4.06. The van der Waals surface area contributed by atoms with E-state index < -0.39 is 11.8 Å². The van der Waals surface area contributed by atoms with Crippen LogP contribution in [0.3, 0.4) is 0 Å². The summed E-state index contributed by atoms with van der Waals surface area (Å²) in [7, 11) is 0. The number of hydrogen-bond acceptors (Lipinski definition) is 7. The van der Waals surface area contributed by atoms with E-state index in [0.717, 1.165) is 22.6 Å². The number of rotatable bonds is 6. The molecule has 2 atom stereocenters. The third-order valence-corrected chi connectivity index (χ3v) is 6.64. The average molecular weight is 406 g/mol. The molecular formula is C19H23N3O3S2. The average Bonchev–Trinajstić information content (AvgIpc) is 3.04. The standard InChI is InChI=1S/C19H23N3O3S2/c1-5-8-27-19-21-16-14(17(23)22-19)13(15-10(3)7-9-26-15)12(11(4)20-16)18(24)25-6-2/h7,9,12-13H,5-6,8H2,1-4H3,(H,21,22,23). The van der Waals surface area contributed by atoms with Crippen molar-refractivity contribution < 1.29 is 9.53 Å². The van der Waals surface area contributed by atoms with E-state index >= 15 is 0 Å². The number of nitrogens with zero attached hydrogens (tertiary/aromatic N) is 2. The fourth-order valence-electron chi connectivity index (χ4n) is 3.25. The molecule has 27 heavy (non-hydrogen) atoms. The van der Waals surface area contributed by atoms with Crippen LogP contribution in [0.4, 0.5) is 5.82 Å². The number of hydrogen-bond donors (Lipinski definition) is 1. The largest absolute Gasteiger partial charge is 0.465 e. The van der Waals surface area contributed by atoms with Crippen molar-refractivity contribution in [3.05, 3.63) is 37.8 Å². The highest BCUT2D eigenvalue weighted by molar-refractivity contribution is 7.99. The summed E-state index contributed by atoms with van der Waals surface area (Å²) in [6, 6.07) is 2.00. The first-order valence-electron chi connectivity index (χ1n) is 9.00. The normalized spacial score (nSPS) is 18.7. The van der Waals surface area contributed by atoms with Gasteiger partial charge in [-0.2, -0.15) is 0 Å². The lowest BCUT2D eigenvalue weighted by Crippen LogP contribution is -2.36. The van der Waals surface area contributed by atoms with Crippen LogP contribution in [0.2, 0.25) is 0 Å². The van der Waals surface area contributed by atoms with E-state index in [1.807, 2.05) is 25.3 Å². The van der Waals surface area contributed by atoms with Gasteiger partial charge in [-0.15, -0.1) is 11.3 Å². The van der Waals surface area contributed by atoms with Gasteiger partial charge in [0.25, 0.3) is 5.56 Å². The number of ether oxygens (including phenoxy) is 1. The van der Waals surface area contributed by atoms with Crippen molar-refractivity contribution in [3.8, 4) is 0 Å². The number of aliphatic imine (C=N–C) groups is 1. The number of fused-ring (bicyclic) bond motifs is 1. The Morgan fingerprint density at radius 3 is 2.78 bits per heavy atom. The molecule has 1 aliphatic heterocycles. The SMILES string of the molecule is CCCSc1nc2c(c(=O)[nH]1)C(c1sccc1C)C(C(=O)OCC)C(C)=N2. The summed E-state index contributed by atoms with van der Waals surface area (Å²) in [5, 5.41) is 2.54. The maximum Gasteiger partial charge on any atom is 0.315 e. The quantitative estimate of drug-likeness (QED) is 0.445. The number of carbonyl (C=O) groups excluding carboxylic acids is 1. The molecule has 0 saturated heterocycles.